The topological polar surface area (TPSA) is 72.8 Å². The van der Waals surface area contributed by atoms with Crippen molar-refractivity contribution in [2.45, 2.75) is 19.4 Å². The van der Waals surface area contributed by atoms with Gasteiger partial charge in [0.25, 0.3) is 0 Å². The SMILES string of the molecule is C=CC(=O)OCCOc1ccc(C(C)(C)O)cc1.C=O. The Morgan fingerprint density at radius 2 is 1.80 bits per heavy atom. The highest BCUT2D eigenvalue weighted by Crippen LogP contribution is 2.22. The molecule has 0 fully saturated rings. The zero-order valence-corrected chi connectivity index (χ0v) is 11.8. The molecule has 110 valence electrons. The molecular weight excluding hydrogens is 260 g/mol. The Labute approximate surface area is 118 Å². The Kier molecular flexibility index (Phi) is 7.93. The van der Waals surface area contributed by atoms with Gasteiger partial charge in [0, 0.05) is 6.08 Å². The summed E-state index contributed by atoms with van der Waals surface area (Å²) < 4.78 is 10.1. The van der Waals surface area contributed by atoms with Gasteiger partial charge < -0.3 is 19.4 Å². The first kappa shape index (κ1) is 17.9. The monoisotopic (exact) mass is 280 g/mol. The van der Waals surface area contributed by atoms with Gasteiger partial charge in [0.15, 0.2) is 0 Å². The minimum Gasteiger partial charge on any atom is -0.490 e. The molecule has 1 aromatic rings. The zero-order chi connectivity index (χ0) is 15.6. The van der Waals surface area contributed by atoms with Crippen molar-refractivity contribution in [3.8, 4) is 5.75 Å². The molecule has 5 nitrogen and oxygen atoms in total. The summed E-state index contributed by atoms with van der Waals surface area (Å²) in [6.07, 6.45) is 1.11. The van der Waals surface area contributed by atoms with Crippen LogP contribution in [0.5, 0.6) is 5.75 Å². The molecule has 0 bridgehead atoms. The van der Waals surface area contributed by atoms with E-state index in [4.69, 9.17) is 14.3 Å². The van der Waals surface area contributed by atoms with E-state index in [1.54, 1.807) is 38.1 Å². The Hall–Kier alpha value is -2.14. The average molecular weight is 280 g/mol. The third kappa shape index (κ3) is 6.70. The smallest absolute Gasteiger partial charge is 0.330 e. The average Bonchev–Trinajstić information content (AvgIpc) is 2.45. The number of hydrogen-bond donors (Lipinski definition) is 1. The lowest BCUT2D eigenvalue weighted by molar-refractivity contribution is -0.138. The molecule has 0 amide bonds. The molecule has 20 heavy (non-hydrogen) atoms. The largest absolute Gasteiger partial charge is 0.490 e. The second kappa shape index (κ2) is 8.87. The maximum Gasteiger partial charge on any atom is 0.330 e. The molecule has 0 aromatic heterocycles. The Bertz CT molecular complexity index is 417. The van der Waals surface area contributed by atoms with Crippen molar-refractivity contribution in [3.63, 3.8) is 0 Å². The predicted molar refractivity (Wildman–Crippen MR) is 75.5 cm³/mol. The highest BCUT2D eigenvalue weighted by Gasteiger charge is 2.15. The van der Waals surface area contributed by atoms with Crippen molar-refractivity contribution in [2.24, 2.45) is 0 Å². The number of benzene rings is 1. The van der Waals surface area contributed by atoms with Crippen molar-refractivity contribution in [2.75, 3.05) is 13.2 Å². The first-order chi connectivity index (χ1) is 9.43. The van der Waals surface area contributed by atoms with Crippen LogP contribution in [-0.4, -0.2) is 31.1 Å². The first-order valence-corrected chi connectivity index (χ1v) is 5.97. The van der Waals surface area contributed by atoms with E-state index >= 15 is 0 Å². The van der Waals surface area contributed by atoms with E-state index in [0.717, 1.165) is 11.6 Å². The fraction of sp³-hybridized carbons (Fsp3) is 0.333. The van der Waals surface area contributed by atoms with Crippen LogP contribution in [0, 0.1) is 0 Å². The highest BCUT2D eigenvalue weighted by molar-refractivity contribution is 5.81. The van der Waals surface area contributed by atoms with E-state index in [2.05, 4.69) is 6.58 Å². The lowest BCUT2D eigenvalue weighted by Gasteiger charge is -2.17. The van der Waals surface area contributed by atoms with E-state index in [9.17, 15) is 9.90 Å². The maximum atomic E-state index is 10.8. The first-order valence-electron chi connectivity index (χ1n) is 5.97. The van der Waals surface area contributed by atoms with Crippen LogP contribution in [0.25, 0.3) is 0 Å². The lowest BCUT2D eigenvalue weighted by Crippen LogP contribution is -2.15. The van der Waals surface area contributed by atoms with Crippen LogP contribution >= 0.6 is 0 Å². The Morgan fingerprint density at radius 3 is 2.25 bits per heavy atom. The standard InChI is InChI=1S/C14H18O4.CH2O/c1-4-13(15)18-10-9-17-12-7-5-11(6-8-12)14(2,3)16;1-2/h4-8,16H,1,9-10H2,2-3H3;1H2. The molecule has 0 saturated heterocycles. The van der Waals surface area contributed by atoms with Gasteiger partial charge in [-0.2, -0.15) is 0 Å². The van der Waals surface area contributed by atoms with E-state index < -0.39 is 11.6 Å². The summed E-state index contributed by atoms with van der Waals surface area (Å²) in [5.41, 5.74) is -0.0502. The van der Waals surface area contributed by atoms with Crippen molar-refractivity contribution >= 4 is 12.8 Å². The summed E-state index contributed by atoms with van der Waals surface area (Å²) in [5.74, 6) is 0.202. The van der Waals surface area contributed by atoms with E-state index in [0.29, 0.717) is 5.75 Å². The van der Waals surface area contributed by atoms with Gasteiger partial charge in [-0.1, -0.05) is 18.7 Å². The molecule has 0 radical (unpaired) electrons. The van der Waals surface area contributed by atoms with Gasteiger partial charge in [0.2, 0.25) is 0 Å². The molecule has 0 atom stereocenters. The Balaban J connectivity index is 0.00000172. The number of carbonyl (C=O) groups is 2. The molecule has 1 N–H and O–H groups in total. The van der Waals surface area contributed by atoms with Gasteiger partial charge in [0.1, 0.15) is 25.8 Å². The minimum atomic E-state index is -0.863. The van der Waals surface area contributed by atoms with Gasteiger partial charge >= 0.3 is 5.97 Å². The molecule has 0 unspecified atom stereocenters. The fourth-order valence-corrected chi connectivity index (χ4v) is 1.32. The molecule has 1 aromatic carbocycles. The number of carbonyl (C=O) groups excluding carboxylic acids is 2. The number of aliphatic hydroxyl groups is 1. The van der Waals surface area contributed by atoms with Crippen molar-refractivity contribution in [3.05, 3.63) is 42.5 Å². The van der Waals surface area contributed by atoms with Crippen LogP contribution in [0.15, 0.2) is 36.9 Å². The summed E-state index contributed by atoms with van der Waals surface area (Å²) in [6.45, 7) is 9.19. The van der Waals surface area contributed by atoms with Gasteiger partial charge in [0.05, 0.1) is 5.60 Å². The fourth-order valence-electron chi connectivity index (χ4n) is 1.32. The zero-order valence-electron chi connectivity index (χ0n) is 11.8. The van der Waals surface area contributed by atoms with Gasteiger partial charge in [-0.15, -0.1) is 0 Å². The second-order valence-corrected chi connectivity index (χ2v) is 4.30. The summed E-state index contributed by atoms with van der Waals surface area (Å²) in [5, 5.41) is 9.77. The molecule has 1 rings (SSSR count). The summed E-state index contributed by atoms with van der Waals surface area (Å²) in [7, 11) is 0. The van der Waals surface area contributed by atoms with Crippen LogP contribution in [0.4, 0.5) is 0 Å². The molecule has 0 heterocycles. The summed E-state index contributed by atoms with van der Waals surface area (Å²) in [6, 6.07) is 7.13. The maximum absolute atomic E-state index is 10.8. The van der Waals surface area contributed by atoms with Crippen LogP contribution in [0.3, 0.4) is 0 Å². The van der Waals surface area contributed by atoms with Crippen LogP contribution < -0.4 is 4.74 Å². The molecule has 0 spiro atoms. The molecule has 0 saturated carbocycles. The minimum absolute atomic E-state index is 0.179. The van der Waals surface area contributed by atoms with Crippen molar-refractivity contribution in [1.82, 2.24) is 0 Å². The van der Waals surface area contributed by atoms with Gasteiger partial charge in [-0.3, -0.25) is 0 Å². The third-order valence-electron chi connectivity index (χ3n) is 2.32. The van der Waals surface area contributed by atoms with Crippen LogP contribution in [0.2, 0.25) is 0 Å². The third-order valence-corrected chi connectivity index (χ3v) is 2.32. The van der Waals surface area contributed by atoms with E-state index in [-0.39, 0.29) is 13.2 Å². The number of ether oxygens (including phenoxy) is 2. The summed E-state index contributed by atoms with van der Waals surface area (Å²) >= 11 is 0. The highest BCUT2D eigenvalue weighted by atomic mass is 16.6. The molecular formula is C15H20O5. The predicted octanol–water partition coefficient (Wildman–Crippen LogP) is 1.84. The number of esters is 1. The normalized spacial score (nSPS) is 9.95. The molecule has 0 aliphatic rings. The quantitative estimate of drug-likeness (QED) is 0.489. The molecule has 0 aliphatic carbocycles. The van der Waals surface area contributed by atoms with Crippen LogP contribution in [0.1, 0.15) is 19.4 Å². The number of rotatable bonds is 6. The summed E-state index contributed by atoms with van der Waals surface area (Å²) in [4.78, 5) is 18.8. The molecule has 0 aliphatic heterocycles. The Morgan fingerprint density at radius 1 is 1.25 bits per heavy atom. The van der Waals surface area contributed by atoms with Gasteiger partial charge in [-0.05, 0) is 31.5 Å². The van der Waals surface area contributed by atoms with E-state index in [1.165, 1.54) is 0 Å². The van der Waals surface area contributed by atoms with Gasteiger partial charge in [-0.25, -0.2) is 4.79 Å². The second-order valence-electron chi connectivity index (χ2n) is 4.30. The van der Waals surface area contributed by atoms with Crippen LogP contribution in [-0.2, 0) is 19.9 Å². The lowest BCUT2D eigenvalue weighted by atomic mass is 9.99. The van der Waals surface area contributed by atoms with E-state index in [1.807, 2.05) is 6.79 Å². The number of hydrogen-bond acceptors (Lipinski definition) is 5. The van der Waals surface area contributed by atoms with Crippen molar-refractivity contribution < 1.29 is 24.2 Å². The van der Waals surface area contributed by atoms with Crippen molar-refractivity contribution in [1.29, 1.82) is 0 Å². The molecule has 5 heteroatoms.